The number of ether oxygens (including phenoxy) is 3. The van der Waals surface area contributed by atoms with E-state index in [1.807, 2.05) is 25.7 Å². The van der Waals surface area contributed by atoms with E-state index in [2.05, 4.69) is 22.0 Å². The third-order valence-corrected chi connectivity index (χ3v) is 8.10. The summed E-state index contributed by atoms with van der Waals surface area (Å²) in [4.78, 5) is 34.6. The minimum atomic E-state index is -0.480. The topological polar surface area (TPSA) is 81.2 Å². The molecule has 0 bridgehead atoms. The normalized spacial score (nSPS) is 15.9. The van der Waals surface area contributed by atoms with Gasteiger partial charge in [0.15, 0.2) is 0 Å². The zero-order chi connectivity index (χ0) is 30.7. The smallest absolute Gasteiger partial charge is 0.339 e. The van der Waals surface area contributed by atoms with Gasteiger partial charge in [0.1, 0.15) is 17.3 Å². The molecule has 5 rings (SSSR count). The molecule has 3 aromatic rings. The van der Waals surface area contributed by atoms with Gasteiger partial charge in [-0.1, -0.05) is 12.1 Å². The van der Waals surface area contributed by atoms with Crippen LogP contribution in [0.2, 0.25) is 0 Å². The number of fused-ring (bicyclic) bond motifs is 1. The van der Waals surface area contributed by atoms with Crippen LogP contribution in [0.5, 0.6) is 11.5 Å². The van der Waals surface area contributed by atoms with Crippen molar-refractivity contribution in [3.05, 3.63) is 76.4 Å². The highest BCUT2D eigenvalue weighted by atomic mass is 19.1. The Balaban J connectivity index is 1.31. The third kappa shape index (κ3) is 6.67. The molecule has 9 heteroatoms. The van der Waals surface area contributed by atoms with Crippen molar-refractivity contribution in [3.63, 3.8) is 0 Å². The number of hydrogen-bond donors (Lipinski definition) is 0. The van der Waals surface area contributed by atoms with Crippen LogP contribution >= 0.6 is 0 Å². The molecule has 2 aliphatic rings. The predicted octanol–water partition coefficient (Wildman–Crippen LogP) is 5.83. The first-order valence-corrected chi connectivity index (χ1v) is 15.0. The predicted molar refractivity (Wildman–Crippen MR) is 162 cm³/mol. The van der Waals surface area contributed by atoms with E-state index in [-0.39, 0.29) is 23.9 Å². The maximum Gasteiger partial charge on any atom is 0.339 e. The molecule has 0 radical (unpaired) electrons. The van der Waals surface area contributed by atoms with Gasteiger partial charge in [0, 0.05) is 38.6 Å². The van der Waals surface area contributed by atoms with Crippen molar-refractivity contribution in [1.82, 2.24) is 14.8 Å². The number of carbonyl (C=O) groups excluding carboxylic acids is 2. The summed E-state index contributed by atoms with van der Waals surface area (Å²) in [6.07, 6.45) is 2.33. The van der Waals surface area contributed by atoms with Gasteiger partial charge in [0.05, 0.1) is 47.9 Å². The monoisotopic (exact) mass is 589 g/mol. The number of likely N-dealkylation sites (tertiary alicyclic amines) is 1. The van der Waals surface area contributed by atoms with E-state index in [1.165, 1.54) is 19.2 Å². The molecule has 1 fully saturated rings. The molecular weight excluding hydrogens is 549 g/mol. The quantitative estimate of drug-likeness (QED) is 0.291. The van der Waals surface area contributed by atoms with Crippen molar-refractivity contribution >= 4 is 11.9 Å². The third-order valence-electron chi connectivity index (χ3n) is 8.10. The number of pyridine rings is 1. The van der Waals surface area contributed by atoms with E-state index in [9.17, 15) is 14.0 Å². The van der Waals surface area contributed by atoms with Gasteiger partial charge in [-0.25, -0.2) is 9.18 Å². The van der Waals surface area contributed by atoms with Crippen LogP contribution in [0.25, 0.3) is 11.1 Å². The number of halogens is 1. The lowest BCUT2D eigenvalue weighted by molar-refractivity contribution is 0.0543. The lowest BCUT2D eigenvalue weighted by Gasteiger charge is -2.40. The molecule has 2 aromatic carbocycles. The molecular formula is C34H40FN3O5. The lowest BCUT2D eigenvalue weighted by atomic mass is 9.95. The number of benzene rings is 2. The maximum absolute atomic E-state index is 13.7. The molecule has 1 saturated heterocycles. The van der Waals surface area contributed by atoms with E-state index in [0.29, 0.717) is 54.4 Å². The number of aromatic nitrogens is 1. The number of hydrogen-bond acceptors (Lipinski definition) is 7. The van der Waals surface area contributed by atoms with Crippen molar-refractivity contribution in [2.45, 2.75) is 65.6 Å². The number of esters is 1. The number of rotatable bonds is 9. The van der Waals surface area contributed by atoms with Crippen molar-refractivity contribution < 1.29 is 28.2 Å². The van der Waals surface area contributed by atoms with Gasteiger partial charge in [0.2, 0.25) is 0 Å². The van der Waals surface area contributed by atoms with Crippen LogP contribution in [-0.2, 0) is 17.7 Å². The van der Waals surface area contributed by atoms with Crippen molar-refractivity contribution in [1.29, 1.82) is 0 Å². The van der Waals surface area contributed by atoms with Crippen LogP contribution in [-0.4, -0.2) is 72.2 Å². The first-order valence-electron chi connectivity index (χ1n) is 15.0. The molecule has 1 aromatic heterocycles. The molecule has 1 amide bonds. The Morgan fingerprint density at radius 3 is 2.42 bits per heavy atom. The van der Waals surface area contributed by atoms with E-state index >= 15 is 0 Å². The molecule has 3 heterocycles. The summed E-state index contributed by atoms with van der Waals surface area (Å²) in [5.41, 5.74) is 4.90. The molecule has 0 aliphatic carbocycles. The summed E-state index contributed by atoms with van der Waals surface area (Å²) in [5, 5.41) is 0. The average Bonchev–Trinajstić information content (AvgIpc) is 2.98. The number of methoxy groups -OCH3 is 1. The average molecular weight is 590 g/mol. The van der Waals surface area contributed by atoms with Crippen LogP contribution in [0.4, 0.5) is 4.39 Å². The number of piperidine rings is 1. The van der Waals surface area contributed by atoms with E-state index in [4.69, 9.17) is 14.2 Å². The molecule has 0 N–H and O–H groups in total. The zero-order valence-corrected chi connectivity index (χ0v) is 25.6. The number of aryl methyl sites for hydroxylation is 1. The van der Waals surface area contributed by atoms with Crippen LogP contribution in [0.3, 0.4) is 0 Å². The first kappa shape index (κ1) is 30.5. The second-order valence-electron chi connectivity index (χ2n) is 11.4. The Bertz CT molecular complexity index is 1480. The van der Waals surface area contributed by atoms with E-state index < -0.39 is 5.97 Å². The van der Waals surface area contributed by atoms with Gasteiger partial charge in [-0.2, -0.15) is 0 Å². The van der Waals surface area contributed by atoms with Crippen molar-refractivity contribution in [2.24, 2.45) is 0 Å². The molecule has 0 atom stereocenters. The fourth-order valence-corrected chi connectivity index (χ4v) is 6.08. The summed E-state index contributed by atoms with van der Waals surface area (Å²) >= 11 is 0. The maximum atomic E-state index is 13.7. The highest BCUT2D eigenvalue weighted by Gasteiger charge is 2.34. The molecule has 228 valence electrons. The summed E-state index contributed by atoms with van der Waals surface area (Å²) in [6, 6.07) is 12.3. The standard InChI is InChI=1S/C34H40FN3O5/c1-6-42-30-17-23(18-31(43-21(2)3)32(30)24-7-9-25(35)10-8-24)20-37-14-11-26(12-15-37)38-16-13-29-28(33(38)39)19-27(22(4)36-29)34(40)41-5/h7-10,17-19,21,26H,6,11-16,20H2,1-5H3. The van der Waals surface area contributed by atoms with Crippen LogP contribution in [0.15, 0.2) is 42.5 Å². The van der Waals surface area contributed by atoms with E-state index in [1.54, 1.807) is 25.1 Å². The summed E-state index contributed by atoms with van der Waals surface area (Å²) in [5.74, 6) is 0.591. The van der Waals surface area contributed by atoms with Crippen LogP contribution < -0.4 is 9.47 Å². The second kappa shape index (κ2) is 13.1. The Hall–Kier alpha value is -3.98. The van der Waals surface area contributed by atoms with Gasteiger partial charge >= 0.3 is 5.97 Å². The van der Waals surface area contributed by atoms with Gasteiger partial charge in [0.25, 0.3) is 5.91 Å². The minimum absolute atomic E-state index is 0.0466. The molecule has 0 saturated carbocycles. The fraction of sp³-hybridized carbons (Fsp3) is 0.441. The number of carbonyl (C=O) groups is 2. The van der Waals surface area contributed by atoms with Gasteiger partial charge in [-0.3, -0.25) is 14.7 Å². The molecule has 0 spiro atoms. The molecule has 8 nitrogen and oxygen atoms in total. The van der Waals surface area contributed by atoms with E-state index in [0.717, 1.165) is 48.3 Å². The lowest BCUT2D eigenvalue weighted by Crippen LogP contribution is -2.50. The Morgan fingerprint density at radius 1 is 1.07 bits per heavy atom. The zero-order valence-electron chi connectivity index (χ0n) is 25.6. The first-order chi connectivity index (χ1) is 20.7. The number of amides is 1. The second-order valence-corrected chi connectivity index (χ2v) is 11.4. The Labute approximate surface area is 252 Å². The Morgan fingerprint density at radius 2 is 1.77 bits per heavy atom. The van der Waals surface area contributed by atoms with Crippen molar-refractivity contribution in [3.8, 4) is 22.6 Å². The summed E-state index contributed by atoms with van der Waals surface area (Å²) < 4.78 is 30.9. The minimum Gasteiger partial charge on any atom is -0.493 e. The van der Waals surface area contributed by atoms with Gasteiger partial charge < -0.3 is 19.1 Å². The SMILES string of the molecule is CCOc1cc(CN2CCC(N3CCc4nc(C)c(C(=O)OC)cc4C3=O)CC2)cc(OC(C)C)c1-c1ccc(F)cc1. The summed E-state index contributed by atoms with van der Waals surface area (Å²) in [6.45, 7) is 11.2. The van der Waals surface area contributed by atoms with Crippen molar-refractivity contribution in [2.75, 3.05) is 33.4 Å². The highest BCUT2D eigenvalue weighted by molar-refractivity contribution is 6.00. The molecule has 43 heavy (non-hydrogen) atoms. The highest BCUT2D eigenvalue weighted by Crippen LogP contribution is 2.41. The fourth-order valence-electron chi connectivity index (χ4n) is 6.08. The molecule has 2 aliphatic heterocycles. The largest absolute Gasteiger partial charge is 0.493 e. The molecule has 0 unspecified atom stereocenters. The Kier molecular flexibility index (Phi) is 9.30. The van der Waals surface area contributed by atoms with Crippen LogP contribution in [0.1, 0.15) is 71.3 Å². The van der Waals surface area contributed by atoms with Gasteiger partial charge in [-0.05, 0) is 82.0 Å². The van der Waals surface area contributed by atoms with Crippen LogP contribution in [0, 0.1) is 12.7 Å². The summed E-state index contributed by atoms with van der Waals surface area (Å²) in [7, 11) is 1.33. The van der Waals surface area contributed by atoms with Gasteiger partial charge in [-0.15, -0.1) is 0 Å². The number of nitrogens with zero attached hydrogens (tertiary/aromatic N) is 3.